The predicted octanol–water partition coefficient (Wildman–Crippen LogP) is 2.77. The summed E-state index contributed by atoms with van der Waals surface area (Å²) in [6.07, 6.45) is -0.232. The molecule has 1 aromatic rings. The highest BCUT2D eigenvalue weighted by molar-refractivity contribution is 5.68. The number of anilines is 1. The Bertz CT molecular complexity index is 517. The van der Waals surface area contributed by atoms with Crippen LogP contribution in [-0.4, -0.2) is 63.1 Å². The van der Waals surface area contributed by atoms with Crippen molar-refractivity contribution < 1.29 is 19.0 Å². The van der Waals surface area contributed by atoms with Crippen LogP contribution in [0.25, 0.3) is 0 Å². The number of nitrogens with zero attached hydrogens (tertiary/aromatic N) is 2. The van der Waals surface area contributed by atoms with Gasteiger partial charge in [0.2, 0.25) is 0 Å². The van der Waals surface area contributed by atoms with Gasteiger partial charge in [-0.1, -0.05) is 0 Å². The smallest absolute Gasteiger partial charge is 0.410 e. The van der Waals surface area contributed by atoms with Crippen molar-refractivity contribution in [3.8, 4) is 5.75 Å². The Morgan fingerprint density at radius 3 is 2.21 bits per heavy atom. The van der Waals surface area contributed by atoms with Gasteiger partial charge in [0, 0.05) is 39.0 Å². The number of hydrogen-bond donors (Lipinski definition) is 0. The lowest BCUT2D eigenvalue weighted by molar-refractivity contribution is 0.0240. The van der Waals surface area contributed by atoms with Crippen molar-refractivity contribution in [1.82, 2.24) is 4.90 Å². The monoisotopic (exact) mass is 336 g/mol. The zero-order chi connectivity index (χ0) is 17.6. The molecule has 24 heavy (non-hydrogen) atoms. The fraction of sp³-hybridized carbons (Fsp3) is 0.611. The third kappa shape index (κ3) is 5.60. The first-order valence-corrected chi connectivity index (χ1v) is 8.34. The van der Waals surface area contributed by atoms with Gasteiger partial charge in [-0.2, -0.15) is 0 Å². The quantitative estimate of drug-likeness (QED) is 0.774. The Kier molecular flexibility index (Phi) is 6.31. The summed E-state index contributed by atoms with van der Waals surface area (Å²) in [5.41, 5.74) is 0.685. The van der Waals surface area contributed by atoms with Crippen molar-refractivity contribution in [2.75, 3.05) is 51.4 Å². The minimum atomic E-state index is -0.452. The van der Waals surface area contributed by atoms with Gasteiger partial charge in [0.25, 0.3) is 0 Å². The molecule has 0 radical (unpaired) electrons. The van der Waals surface area contributed by atoms with Crippen LogP contribution in [0.1, 0.15) is 20.8 Å². The molecule has 0 unspecified atom stereocenters. The average molecular weight is 336 g/mol. The van der Waals surface area contributed by atoms with Crippen LogP contribution in [-0.2, 0) is 9.47 Å². The molecule has 0 bridgehead atoms. The molecule has 0 aliphatic carbocycles. The Labute approximate surface area is 144 Å². The highest BCUT2D eigenvalue weighted by atomic mass is 16.6. The van der Waals surface area contributed by atoms with Crippen LogP contribution < -0.4 is 9.64 Å². The largest absolute Gasteiger partial charge is 0.491 e. The third-order valence-corrected chi connectivity index (χ3v) is 3.69. The van der Waals surface area contributed by atoms with Gasteiger partial charge >= 0.3 is 6.09 Å². The molecule has 1 fully saturated rings. The van der Waals surface area contributed by atoms with Crippen LogP contribution in [0.3, 0.4) is 0 Å². The molecule has 1 aliphatic rings. The van der Waals surface area contributed by atoms with Gasteiger partial charge in [0.05, 0.1) is 6.61 Å². The van der Waals surface area contributed by atoms with E-state index in [0.717, 1.165) is 24.5 Å². The summed E-state index contributed by atoms with van der Waals surface area (Å²) in [6.45, 7) is 9.71. The molecule has 0 aromatic heterocycles. The first kappa shape index (κ1) is 18.4. The summed E-state index contributed by atoms with van der Waals surface area (Å²) >= 11 is 0. The van der Waals surface area contributed by atoms with Gasteiger partial charge in [-0.05, 0) is 45.0 Å². The molecule has 1 amide bonds. The minimum absolute atomic E-state index is 0.232. The van der Waals surface area contributed by atoms with Crippen molar-refractivity contribution in [3.63, 3.8) is 0 Å². The van der Waals surface area contributed by atoms with Crippen molar-refractivity contribution in [3.05, 3.63) is 24.3 Å². The van der Waals surface area contributed by atoms with Crippen LogP contribution >= 0.6 is 0 Å². The first-order chi connectivity index (χ1) is 11.4. The molecule has 0 atom stereocenters. The van der Waals surface area contributed by atoms with E-state index in [4.69, 9.17) is 14.2 Å². The lowest BCUT2D eigenvalue weighted by Gasteiger charge is -2.36. The average Bonchev–Trinajstić information content (AvgIpc) is 2.54. The van der Waals surface area contributed by atoms with Gasteiger partial charge in [0.15, 0.2) is 0 Å². The first-order valence-electron chi connectivity index (χ1n) is 8.34. The van der Waals surface area contributed by atoms with Crippen LogP contribution in [0.2, 0.25) is 0 Å². The number of amides is 1. The second-order valence-electron chi connectivity index (χ2n) is 6.79. The molecular formula is C18H28N2O4. The number of ether oxygens (including phenoxy) is 3. The second-order valence-corrected chi connectivity index (χ2v) is 6.79. The summed E-state index contributed by atoms with van der Waals surface area (Å²) < 4.78 is 16.0. The molecule has 6 nitrogen and oxygen atoms in total. The summed E-state index contributed by atoms with van der Waals surface area (Å²) in [5.74, 6) is 0.836. The zero-order valence-electron chi connectivity index (χ0n) is 15.1. The maximum atomic E-state index is 12.1. The molecule has 1 heterocycles. The van der Waals surface area contributed by atoms with Crippen LogP contribution in [0.4, 0.5) is 10.5 Å². The number of carbonyl (C=O) groups is 1. The standard InChI is InChI=1S/C18H28N2O4/c1-18(2,3)24-17(21)20-11-9-19(10-12-20)15-5-7-16(8-6-15)23-14-13-22-4/h5-8H,9-14H2,1-4H3. The summed E-state index contributed by atoms with van der Waals surface area (Å²) in [7, 11) is 1.66. The van der Waals surface area contributed by atoms with E-state index in [1.54, 1.807) is 12.0 Å². The zero-order valence-corrected chi connectivity index (χ0v) is 15.1. The molecule has 1 aromatic carbocycles. The second kappa shape index (κ2) is 8.24. The number of piperazine rings is 1. The Morgan fingerprint density at radius 2 is 1.67 bits per heavy atom. The SMILES string of the molecule is COCCOc1ccc(N2CCN(C(=O)OC(C)(C)C)CC2)cc1. The Balaban J connectivity index is 1.82. The normalized spacial score (nSPS) is 15.3. The summed E-state index contributed by atoms with van der Waals surface area (Å²) in [4.78, 5) is 16.1. The van der Waals surface area contributed by atoms with Gasteiger partial charge in [0.1, 0.15) is 18.0 Å². The molecule has 6 heteroatoms. The van der Waals surface area contributed by atoms with E-state index in [2.05, 4.69) is 4.90 Å². The van der Waals surface area contributed by atoms with E-state index < -0.39 is 5.60 Å². The fourth-order valence-corrected chi connectivity index (χ4v) is 2.47. The van der Waals surface area contributed by atoms with Gasteiger partial charge in [-0.25, -0.2) is 4.79 Å². The number of methoxy groups -OCH3 is 1. The number of hydrogen-bond acceptors (Lipinski definition) is 5. The van der Waals surface area contributed by atoms with E-state index in [-0.39, 0.29) is 6.09 Å². The minimum Gasteiger partial charge on any atom is -0.491 e. The number of benzene rings is 1. The van der Waals surface area contributed by atoms with Crippen molar-refractivity contribution in [2.45, 2.75) is 26.4 Å². The maximum absolute atomic E-state index is 12.1. The Morgan fingerprint density at radius 1 is 1.04 bits per heavy atom. The van der Waals surface area contributed by atoms with Gasteiger partial charge in [-0.15, -0.1) is 0 Å². The number of rotatable bonds is 5. The van der Waals surface area contributed by atoms with Gasteiger partial charge < -0.3 is 24.0 Å². The van der Waals surface area contributed by atoms with Crippen LogP contribution in [0, 0.1) is 0 Å². The predicted molar refractivity (Wildman–Crippen MR) is 93.8 cm³/mol. The molecule has 0 saturated carbocycles. The molecule has 1 saturated heterocycles. The van der Waals surface area contributed by atoms with Gasteiger partial charge in [-0.3, -0.25) is 0 Å². The lowest BCUT2D eigenvalue weighted by Crippen LogP contribution is -2.50. The molecule has 0 N–H and O–H groups in total. The number of carbonyl (C=O) groups excluding carboxylic acids is 1. The fourth-order valence-electron chi connectivity index (χ4n) is 2.47. The molecule has 0 spiro atoms. The van der Waals surface area contributed by atoms with Crippen molar-refractivity contribution >= 4 is 11.8 Å². The summed E-state index contributed by atoms with van der Waals surface area (Å²) in [5, 5.41) is 0. The molecule has 134 valence electrons. The lowest BCUT2D eigenvalue weighted by atomic mass is 10.2. The van der Waals surface area contributed by atoms with Crippen LogP contribution in [0.15, 0.2) is 24.3 Å². The van der Waals surface area contributed by atoms with E-state index in [1.165, 1.54) is 0 Å². The molecule has 1 aliphatic heterocycles. The third-order valence-electron chi connectivity index (χ3n) is 3.69. The van der Waals surface area contributed by atoms with E-state index in [1.807, 2.05) is 45.0 Å². The highest BCUT2D eigenvalue weighted by Gasteiger charge is 2.25. The Hall–Kier alpha value is -1.95. The van der Waals surface area contributed by atoms with Crippen molar-refractivity contribution in [1.29, 1.82) is 0 Å². The molecular weight excluding hydrogens is 308 g/mol. The summed E-state index contributed by atoms with van der Waals surface area (Å²) in [6, 6.07) is 8.02. The van der Waals surface area contributed by atoms with Crippen molar-refractivity contribution in [2.24, 2.45) is 0 Å². The highest BCUT2D eigenvalue weighted by Crippen LogP contribution is 2.21. The molecule has 2 rings (SSSR count). The van der Waals surface area contributed by atoms with E-state index in [9.17, 15) is 4.79 Å². The van der Waals surface area contributed by atoms with Crippen LogP contribution in [0.5, 0.6) is 5.75 Å². The topological polar surface area (TPSA) is 51.2 Å². The maximum Gasteiger partial charge on any atom is 0.410 e. The van der Waals surface area contributed by atoms with E-state index >= 15 is 0 Å². The van der Waals surface area contributed by atoms with E-state index in [0.29, 0.717) is 26.3 Å².